The van der Waals surface area contributed by atoms with Gasteiger partial charge in [-0.3, -0.25) is 4.90 Å². The number of likely N-dealkylation sites (tertiary alicyclic amines) is 1. The van der Waals surface area contributed by atoms with Crippen LogP contribution in [0.3, 0.4) is 0 Å². The minimum absolute atomic E-state index is 0.398. The Bertz CT molecular complexity index is 185. The molecule has 0 radical (unpaired) electrons. The van der Waals surface area contributed by atoms with Gasteiger partial charge < -0.3 is 0 Å². The molecule has 1 aliphatic heterocycles. The summed E-state index contributed by atoms with van der Waals surface area (Å²) < 4.78 is 24.5. The average Bonchev–Trinajstić information content (AvgIpc) is 2.48. The molecule has 76 valence electrons. The van der Waals surface area contributed by atoms with Crippen molar-refractivity contribution in [3.63, 3.8) is 0 Å². The minimum atomic E-state index is -2.14. The highest BCUT2D eigenvalue weighted by molar-refractivity contribution is 4.96. The van der Waals surface area contributed by atoms with Gasteiger partial charge >= 0.3 is 0 Å². The van der Waals surface area contributed by atoms with Crippen molar-refractivity contribution in [1.82, 2.24) is 4.90 Å². The van der Waals surface area contributed by atoms with E-state index >= 15 is 0 Å². The van der Waals surface area contributed by atoms with E-state index < -0.39 is 12.3 Å². The van der Waals surface area contributed by atoms with Crippen molar-refractivity contribution in [3.05, 3.63) is 11.6 Å². The molecule has 3 heteroatoms. The topological polar surface area (TPSA) is 3.24 Å². The number of hydrogen-bond acceptors (Lipinski definition) is 1. The monoisotopic (exact) mass is 189 g/mol. The summed E-state index contributed by atoms with van der Waals surface area (Å²) in [5.74, 6) is -0.398. The van der Waals surface area contributed by atoms with Crippen molar-refractivity contribution in [2.24, 2.45) is 5.92 Å². The Morgan fingerprint density at radius 2 is 2.23 bits per heavy atom. The molecular weight excluding hydrogens is 172 g/mol. The lowest BCUT2D eigenvalue weighted by Gasteiger charge is -2.13. The largest absolute Gasteiger partial charge is 0.299 e. The van der Waals surface area contributed by atoms with Gasteiger partial charge in [-0.15, -0.1) is 0 Å². The zero-order chi connectivity index (χ0) is 9.84. The molecule has 0 aromatic rings. The van der Waals surface area contributed by atoms with E-state index in [0.717, 1.165) is 13.1 Å². The van der Waals surface area contributed by atoms with Crippen LogP contribution in [-0.4, -0.2) is 31.0 Å². The maximum atomic E-state index is 12.3. The van der Waals surface area contributed by atoms with Crippen molar-refractivity contribution >= 4 is 0 Å². The summed E-state index contributed by atoms with van der Waals surface area (Å²) in [5.41, 5.74) is 1.25. The van der Waals surface area contributed by atoms with Crippen molar-refractivity contribution in [2.75, 3.05) is 19.6 Å². The Balaban J connectivity index is 2.29. The van der Waals surface area contributed by atoms with Gasteiger partial charge in [-0.25, -0.2) is 8.78 Å². The first-order valence-electron chi connectivity index (χ1n) is 4.73. The molecule has 0 aromatic carbocycles. The van der Waals surface area contributed by atoms with Crippen LogP contribution in [0.5, 0.6) is 0 Å². The van der Waals surface area contributed by atoms with Gasteiger partial charge in [0.05, 0.1) is 0 Å². The zero-order valence-corrected chi connectivity index (χ0v) is 8.26. The van der Waals surface area contributed by atoms with E-state index in [0.29, 0.717) is 13.0 Å². The Kier molecular flexibility index (Phi) is 3.85. The highest BCUT2D eigenvalue weighted by Gasteiger charge is 2.28. The molecule has 0 aromatic heterocycles. The van der Waals surface area contributed by atoms with E-state index in [2.05, 4.69) is 11.0 Å². The smallest absolute Gasteiger partial charge is 0.242 e. The Labute approximate surface area is 78.4 Å². The van der Waals surface area contributed by atoms with Crippen LogP contribution < -0.4 is 0 Å². The number of hydrogen-bond donors (Lipinski definition) is 0. The molecule has 13 heavy (non-hydrogen) atoms. The first-order chi connectivity index (χ1) is 6.09. The first kappa shape index (κ1) is 10.6. The van der Waals surface area contributed by atoms with Gasteiger partial charge in [0.1, 0.15) is 0 Å². The normalized spacial score (nSPS) is 23.9. The van der Waals surface area contributed by atoms with Crippen molar-refractivity contribution in [1.29, 1.82) is 0 Å². The van der Waals surface area contributed by atoms with Gasteiger partial charge in [0.2, 0.25) is 6.43 Å². The number of alkyl halides is 2. The highest BCUT2D eigenvalue weighted by Crippen LogP contribution is 2.22. The first-order valence-corrected chi connectivity index (χ1v) is 4.73. The number of halogens is 2. The number of allylic oxidation sites excluding steroid dienone is 1. The second-order valence-electron chi connectivity index (χ2n) is 3.92. The maximum Gasteiger partial charge on any atom is 0.242 e. The Hall–Kier alpha value is -0.440. The zero-order valence-electron chi connectivity index (χ0n) is 8.26. The van der Waals surface area contributed by atoms with E-state index in [1.165, 1.54) is 5.57 Å². The van der Waals surface area contributed by atoms with Crippen LogP contribution in [0.4, 0.5) is 8.78 Å². The van der Waals surface area contributed by atoms with Gasteiger partial charge in [0, 0.05) is 19.0 Å². The fraction of sp³-hybridized carbons (Fsp3) is 0.800. The lowest BCUT2D eigenvalue weighted by Crippen LogP contribution is -2.22. The highest BCUT2D eigenvalue weighted by atomic mass is 19.3. The van der Waals surface area contributed by atoms with E-state index in [1.54, 1.807) is 0 Å². The van der Waals surface area contributed by atoms with E-state index in [9.17, 15) is 8.78 Å². The quantitative estimate of drug-likeness (QED) is 0.617. The summed E-state index contributed by atoms with van der Waals surface area (Å²) in [4.78, 5) is 2.09. The summed E-state index contributed by atoms with van der Waals surface area (Å²) in [7, 11) is 0. The van der Waals surface area contributed by atoms with Crippen molar-refractivity contribution in [3.8, 4) is 0 Å². The van der Waals surface area contributed by atoms with E-state index in [4.69, 9.17) is 0 Å². The fourth-order valence-electron chi connectivity index (χ4n) is 1.55. The molecule has 1 nitrogen and oxygen atoms in total. The minimum Gasteiger partial charge on any atom is -0.299 e. The van der Waals surface area contributed by atoms with Gasteiger partial charge in [-0.1, -0.05) is 11.6 Å². The molecule has 1 fully saturated rings. The van der Waals surface area contributed by atoms with Gasteiger partial charge in [-0.2, -0.15) is 0 Å². The van der Waals surface area contributed by atoms with Crippen molar-refractivity contribution < 1.29 is 8.78 Å². The lowest BCUT2D eigenvalue weighted by atomic mass is 10.1. The molecule has 1 aliphatic rings. The SMILES string of the molecule is CC(C)=CCN1CCC(C(F)F)C1. The molecular formula is C10H17F2N. The van der Waals surface area contributed by atoms with Gasteiger partial charge in [0.25, 0.3) is 0 Å². The Morgan fingerprint density at radius 1 is 1.54 bits per heavy atom. The summed E-state index contributed by atoms with van der Waals surface area (Å²) in [6.45, 7) is 6.26. The third-order valence-corrected chi connectivity index (χ3v) is 2.42. The molecule has 1 unspecified atom stereocenters. The van der Waals surface area contributed by atoms with Crippen LogP contribution in [0.2, 0.25) is 0 Å². The summed E-state index contributed by atoms with van der Waals surface area (Å²) >= 11 is 0. The Morgan fingerprint density at radius 3 is 2.69 bits per heavy atom. The van der Waals surface area contributed by atoms with Crippen LogP contribution in [0.15, 0.2) is 11.6 Å². The van der Waals surface area contributed by atoms with Crippen molar-refractivity contribution in [2.45, 2.75) is 26.7 Å². The average molecular weight is 189 g/mol. The number of rotatable bonds is 3. The molecule has 1 atom stereocenters. The van der Waals surface area contributed by atoms with E-state index in [-0.39, 0.29) is 0 Å². The summed E-state index contributed by atoms with van der Waals surface area (Å²) in [6.07, 6.45) is 0.596. The third kappa shape index (κ3) is 3.43. The maximum absolute atomic E-state index is 12.3. The third-order valence-electron chi connectivity index (χ3n) is 2.42. The van der Waals surface area contributed by atoms with Crippen LogP contribution in [0.1, 0.15) is 20.3 Å². The second kappa shape index (κ2) is 4.70. The van der Waals surface area contributed by atoms with E-state index in [1.807, 2.05) is 13.8 Å². The molecule has 0 bridgehead atoms. The van der Waals surface area contributed by atoms with Crippen LogP contribution >= 0.6 is 0 Å². The number of nitrogens with zero attached hydrogens (tertiary/aromatic N) is 1. The molecule has 1 saturated heterocycles. The van der Waals surface area contributed by atoms with Crippen LogP contribution in [0, 0.1) is 5.92 Å². The molecule has 0 saturated carbocycles. The predicted octanol–water partition coefficient (Wildman–Crippen LogP) is 2.54. The lowest BCUT2D eigenvalue weighted by molar-refractivity contribution is 0.0815. The van der Waals surface area contributed by atoms with Gasteiger partial charge in [-0.05, 0) is 26.8 Å². The van der Waals surface area contributed by atoms with Crippen LogP contribution in [0.25, 0.3) is 0 Å². The molecule has 1 heterocycles. The standard InChI is InChI=1S/C10H17F2N/c1-8(2)3-5-13-6-4-9(7-13)10(11)12/h3,9-10H,4-7H2,1-2H3. The van der Waals surface area contributed by atoms with Crippen LogP contribution in [-0.2, 0) is 0 Å². The molecule has 0 aliphatic carbocycles. The molecule has 0 amide bonds. The predicted molar refractivity (Wildman–Crippen MR) is 50.0 cm³/mol. The summed E-state index contributed by atoms with van der Waals surface area (Å²) in [5, 5.41) is 0. The molecule has 1 rings (SSSR count). The van der Waals surface area contributed by atoms with Gasteiger partial charge in [0.15, 0.2) is 0 Å². The fourth-order valence-corrected chi connectivity index (χ4v) is 1.55. The molecule has 0 N–H and O–H groups in total. The second-order valence-corrected chi connectivity index (χ2v) is 3.92. The summed E-state index contributed by atoms with van der Waals surface area (Å²) in [6, 6.07) is 0. The molecule has 0 spiro atoms.